The summed E-state index contributed by atoms with van der Waals surface area (Å²) < 4.78 is 5.40. The van der Waals surface area contributed by atoms with E-state index in [1.54, 1.807) is 23.5 Å². The predicted octanol–water partition coefficient (Wildman–Crippen LogP) is 2.14. The van der Waals surface area contributed by atoms with Gasteiger partial charge in [0.1, 0.15) is 5.60 Å². The molecule has 2 atom stereocenters. The predicted molar refractivity (Wildman–Crippen MR) is 79.8 cm³/mol. The van der Waals surface area contributed by atoms with E-state index >= 15 is 0 Å². The summed E-state index contributed by atoms with van der Waals surface area (Å²) in [6.45, 7) is 9.09. The van der Waals surface area contributed by atoms with Crippen LogP contribution in [0.4, 0.5) is 4.79 Å². The molecule has 0 aromatic carbocycles. The van der Waals surface area contributed by atoms with Crippen LogP contribution in [0.5, 0.6) is 0 Å². The molecule has 0 unspecified atom stereocenters. The Labute approximate surface area is 125 Å². The number of amides is 1. The topological polar surface area (TPSA) is 67.4 Å². The lowest BCUT2D eigenvalue weighted by Crippen LogP contribution is -2.39. The zero-order valence-corrected chi connectivity index (χ0v) is 13.2. The Kier molecular flexibility index (Phi) is 4.77. The molecule has 1 amide bonds. The summed E-state index contributed by atoms with van der Waals surface area (Å²) in [4.78, 5) is 22.1. The van der Waals surface area contributed by atoms with Gasteiger partial charge in [-0.15, -0.1) is 0 Å². The Morgan fingerprint density at radius 2 is 2.24 bits per heavy atom. The Hall–Kier alpha value is -1.69. The highest BCUT2D eigenvalue weighted by molar-refractivity contribution is 5.68. The van der Waals surface area contributed by atoms with Crippen molar-refractivity contribution in [1.82, 2.24) is 20.2 Å². The van der Waals surface area contributed by atoms with Crippen molar-refractivity contribution < 1.29 is 9.53 Å². The average molecular weight is 292 g/mol. The first-order valence-corrected chi connectivity index (χ1v) is 7.35. The lowest BCUT2D eigenvalue weighted by Gasteiger charge is -2.25. The first-order chi connectivity index (χ1) is 9.85. The number of hydrogen-bond acceptors (Lipinski definition) is 5. The molecule has 1 aliphatic rings. The fraction of sp³-hybridized carbons (Fsp3) is 0.667. The number of hydrogen-bond donors (Lipinski definition) is 1. The van der Waals surface area contributed by atoms with Gasteiger partial charge in [0, 0.05) is 43.8 Å². The van der Waals surface area contributed by atoms with Crippen molar-refractivity contribution in [3.63, 3.8) is 0 Å². The second kappa shape index (κ2) is 6.39. The number of carbonyl (C=O) groups is 1. The van der Waals surface area contributed by atoms with Crippen LogP contribution < -0.4 is 5.32 Å². The third-order valence-electron chi connectivity index (χ3n) is 3.35. The van der Waals surface area contributed by atoms with Gasteiger partial charge in [-0.25, -0.2) is 4.79 Å². The molecule has 1 aliphatic heterocycles. The van der Waals surface area contributed by atoms with Gasteiger partial charge in [-0.1, -0.05) is 0 Å². The number of ether oxygens (including phenoxy) is 1. The Morgan fingerprint density at radius 1 is 1.48 bits per heavy atom. The van der Waals surface area contributed by atoms with E-state index in [9.17, 15) is 4.79 Å². The van der Waals surface area contributed by atoms with Crippen molar-refractivity contribution in [3.8, 4) is 0 Å². The highest BCUT2D eigenvalue weighted by atomic mass is 16.6. The van der Waals surface area contributed by atoms with Crippen LogP contribution in [-0.2, 0) is 4.74 Å². The molecule has 0 aliphatic carbocycles. The van der Waals surface area contributed by atoms with Crippen molar-refractivity contribution in [3.05, 3.63) is 24.3 Å². The van der Waals surface area contributed by atoms with Crippen LogP contribution in [0, 0.1) is 0 Å². The maximum absolute atomic E-state index is 12.0. The number of rotatable bonds is 3. The van der Waals surface area contributed by atoms with Gasteiger partial charge in [0.25, 0.3) is 0 Å². The fourth-order valence-corrected chi connectivity index (χ4v) is 2.36. The summed E-state index contributed by atoms with van der Waals surface area (Å²) in [6, 6.07) is 0.372. The number of aromatic nitrogens is 2. The first kappa shape index (κ1) is 15.7. The second-order valence-corrected chi connectivity index (χ2v) is 6.43. The highest BCUT2D eigenvalue weighted by Gasteiger charge is 2.30. The van der Waals surface area contributed by atoms with E-state index < -0.39 is 5.60 Å². The van der Waals surface area contributed by atoms with Crippen molar-refractivity contribution >= 4 is 6.09 Å². The van der Waals surface area contributed by atoms with E-state index in [1.165, 1.54) is 0 Å². The largest absolute Gasteiger partial charge is 0.444 e. The molecule has 2 heterocycles. The minimum atomic E-state index is -0.449. The summed E-state index contributed by atoms with van der Waals surface area (Å²) in [7, 11) is 0. The van der Waals surface area contributed by atoms with Gasteiger partial charge in [0.05, 0.1) is 5.69 Å². The Morgan fingerprint density at radius 3 is 2.86 bits per heavy atom. The van der Waals surface area contributed by atoms with Crippen LogP contribution in [0.25, 0.3) is 0 Å². The monoisotopic (exact) mass is 292 g/mol. The molecule has 6 nitrogen and oxygen atoms in total. The summed E-state index contributed by atoms with van der Waals surface area (Å²) in [5, 5.41) is 3.49. The smallest absolute Gasteiger partial charge is 0.410 e. The van der Waals surface area contributed by atoms with Crippen LogP contribution in [0.2, 0.25) is 0 Å². The molecule has 21 heavy (non-hydrogen) atoms. The molecular weight excluding hydrogens is 268 g/mol. The first-order valence-electron chi connectivity index (χ1n) is 7.35. The van der Waals surface area contributed by atoms with E-state index in [0.717, 1.165) is 18.7 Å². The normalized spacial score (nSPS) is 20.4. The maximum atomic E-state index is 12.0. The molecule has 1 N–H and O–H groups in total. The Bertz CT molecular complexity index is 472. The standard InChI is InChI=1S/C15H24N4O2/c1-11(13-9-16-6-7-17-13)18-12-5-8-19(10-12)14(20)21-15(2,3)4/h6-7,9,11-12,18H,5,8,10H2,1-4H3/t11-,12+/m0/s1. The molecule has 1 saturated heterocycles. The van der Waals surface area contributed by atoms with Crippen molar-refractivity contribution in [2.45, 2.75) is 51.8 Å². The third kappa shape index (κ3) is 4.67. The molecule has 1 fully saturated rings. The SMILES string of the molecule is C[C@H](N[C@@H]1CCN(C(=O)OC(C)(C)C)C1)c1cnccn1. The van der Waals surface area contributed by atoms with Crippen molar-refractivity contribution in [2.75, 3.05) is 13.1 Å². The second-order valence-electron chi connectivity index (χ2n) is 6.43. The van der Waals surface area contributed by atoms with E-state index in [0.29, 0.717) is 6.54 Å². The van der Waals surface area contributed by atoms with E-state index in [-0.39, 0.29) is 18.2 Å². The molecule has 0 radical (unpaired) electrons. The number of carbonyl (C=O) groups excluding carboxylic acids is 1. The van der Waals surface area contributed by atoms with Gasteiger partial charge in [-0.2, -0.15) is 0 Å². The highest BCUT2D eigenvalue weighted by Crippen LogP contribution is 2.17. The molecule has 6 heteroatoms. The van der Waals surface area contributed by atoms with Crippen LogP contribution >= 0.6 is 0 Å². The molecule has 1 aromatic heterocycles. The summed E-state index contributed by atoms with van der Waals surface area (Å²) in [5.41, 5.74) is 0.461. The number of nitrogens with one attached hydrogen (secondary N) is 1. The molecule has 0 bridgehead atoms. The number of likely N-dealkylation sites (tertiary alicyclic amines) is 1. The number of nitrogens with zero attached hydrogens (tertiary/aromatic N) is 3. The van der Waals surface area contributed by atoms with Gasteiger partial charge in [0.2, 0.25) is 0 Å². The Balaban J connectivity index is 1.84. The molecule has 0 saturated carbocycles. The summed E-state index contributed by atoms with van der Waals surface area (Å²) >= 11 is 0. The minimum Gasteiger partial charge on any atom is -0.444 e. The zero-order valence-electron chi connectivity index (χ0n) is 13.2. The minimum absolute atomic E-state index is 0.113. The van der Waals surface area contributed by atoms with Gasteiger partial charge in [-0.3, -0.25) is 9.97 Å². The average Bonchev–Trinajstić information content (AvgIpc) is 2.86. The molecule has 2 rings (SSSR count). The van der Waals surface area contributed by atoms with Crippen molar-refractivity contribution in [2.24, 2.45) is 0 Å². The summed E-state index contributed by atoms with van der Waals surface area (Å²) in [6.07, 6.45) is 5.80. The molecule has 1 aromatic rings. The zero-order chi connectivity index (χ0) is 15.5. The lowest BCUT2D eigenvalue weighted by molar-refractivity contribution is 0.0290. The van der Waals surface area contributed by atoms with Crippen LogP contribution in [-0.4, -0.2) is 45.7 Å². The van der Waals surface area contributed by atoms with Crippen LogP contribution in [0.15, 0.2) is 18.6 Å². The molecule has 0 spiro atoms. The lowest BCUT2D eigenvalue weighted by atomic mass is 10.2. The van der Waals surface area contributed by atoms with E-state index in [4.69, 9.17) is 4.74 Å². The third-order valence-corrected chi connectivity index (χ3v) is 3.35. The quantitative estimate of drug-likeness (QED) is 0.924. The van der Waals surface area contributed by atoms with E-state index in [1.807, 2.05) is 20.8 Å². The van der Waals surface area contributed by atoms with E-state index in [2.05, 4.69) is 22.2 Å². The van der Waals surface area contributed by atoms with Crippen molar-refractivity contribution in [1.29, 1.82) is 0 Å². The van der Waals surface area contributed by atoms with Gasteiger partial charge >= 0.3 is 6.09 Å². The molecule has 116 valence electrons. The van der Waals surface area contributed by atoms with Crippen LogP contribution in [0.3, 0.4) is 0 Å². The summed E-state index contributed by atoms with van der Waals surface area (Å²) in [5.74, 6) is 0. The molecular formula is C15H24N4O2. The van der Waals surface area contributed by atoms with Gasteiger partial charge in [0.15, 0.2) is 0 Å². The maximum Gasteiger partial charge on any atom is 0.410 e. The van der Waals surface area contributed by atoms with Crippen LogP contribution in [0.1, 0.15) is 45.9 Å². The van der Waals surface area contributed by atoms with Gasteiger partial charge < -0.3 is 15.0 Å². The van der Waals surface area contributed by atoms with Gasteiger partial charge in [-0.05, 0) is 34.1 Å². The fourth-order valence-electron chi connectivity index (χ4n) is 2.36.